The summed E-state index contributed by atoms with van der Waals surface area (Å²) in [7, 11) is 3.30. The monoisotopic (exact) mass is 469 g/mol. The number of hydrogen-bond donors (Lipinski definition) is 1. The van der Waals surface area contributed by atoms with Gasteiger partial charge in [0, 0.05) is 28.8 Å². The number of ether oxygens (including phenoxy) is 2. The van der Waals surface area contributed by atoms with E-state index in [1.54, 1.807) is 32.4 Å². The van der Waals surface area contributed by atoms with Gasteiger partial charge in [0.1, 0.15) is 11.5 Å². The molecule has 1 saturated heterocycles. The van der Waals surface area contributed by atoms with Crippen molar-refractivity contribution < 1.29 is 18.8 Å². The zero-order valence-corrected chi connectivity index (χ0v) is 19.6. The lowest BCUT2D eigenvalue weighted by molar-refractivity contribution is 0.0914. The zero-order chi connectivity index (χ0) is 23.2. The van der Waals surface area contributed by atoms with E-state index < -0.39 is 0 Å². The Labute approximate surface area is 198 Å². The van der Waals surface area contributed by atoms with Crippen LogP contribution in [0, 0.1) is 0 Å². The third-order valence-electron chi connectivity index (χ3n) is 5.95. The molecule has 1 amide bonds. The van der Waals surface area contributed by atoms with Crippen molar-refractivity contribution in [3.8, 4) is 22.8 Å². The third-order valence-corrected chi connectivity index (χ3v) is 6.21. The first-order valence-corrected chi connectivity index (χ1v) is 11.4. The number of aromatic nitrogens is 1. The largest absolute Gasteiger partial charge is 0.497 e. The highest BCUT2D eigenvalue weighted by Crippen LogP contribution is 2.34. The number of nitrogens with zero attached hydrogens (tertiary/aromatic N) is 2. The van der Waals surface area contributed by atoms with E-state index in [9.17, 15) is 4.79 Å². The van der Waals surface area contributed by atoms with Crippen LogP contribution in [0.2, 0.25) is 5.02 Å². The first-order chi connectivity index (χ1) is 16.1. The minimum Gasteiger partial charge on any atom is -0.497 e. The van der Waals surface area contributed by atoms with Gasteiger partial charge >= 0.3 is 0 Å². The Bertz CT molecular complexity index is 1080. The number of halogens is 1. The maximum Gasteiger partial charge on any atom is 0.273 e. The molecule has 0 radical (unpaired) electrons. The number of methoxy groups -OCH3 is 2. The fraction of sp³-hybridized carbons (Fsp3) is 0.360. The summed E-state index contributed by atoms with van der Waals surface area (Å²) in [6.07, 6.45) is 3.48. The van der Waals surface area contributed by atoms with Crippen LogP contribution in [0.25, 0.3) is 11.3 Å². The fourth-order valence-electron chi connectivity index (χ4n) is 4.18. The van der Waals surface area contributed by atoms with Gasteiger partial charge < -0.3 is 19.3 Å². The standard InChI is InChI=1S/C25H28ClN3O4/c1-31-19-10-11-23(32-2)20(14-19)22(29-12-4-3-5-13-29)16-27-25(30)21-15-24(33-28-21)17-6-8-18(26)9-7-17/h6-11,14-15,22H,3-5,12-13,16H2,1-2H3,(H,27,30). The molecule has 0 bridgehead atoms. The summed E-state index contributed by atoms with van der Waals surface area (Å²) < 4.78 is 16.5. The first-order valence-electron chi connectivity index (χ1n) is 11.1. The molecule has 2 heterocycles. The van der Waals surface area contributed by atoms with Crippen molar-refractivity contribution in [1.29, 1.82) is 0 Å². The van der Waals surface area contributed by atoms with Gasteiger partial charge in [0.15, 0.2) is 11.5 Å². The van der Waals surface area contributed by atoms with E-state index in [1.165, 1.54) is 6.42 Å². The minimum atomic E-state index is -0.289. The summed E-state index contributed by atoms with van der Waals surface area (Å²) in [5.41, 5.74) is 2.02. The van der Waals surface area contributed by atoms with Crippen LogP contribution >= 0.6 is 11.6 Å². The van der Waals surface area contributed by atoms with E-state index in [2.05, 4.69) is 15.4 Å². The maximum absolute atomic E-state index is 12.9. The van der Waals surface area contributed by atoms with Gasteiger partial charge in [-0.05, 0) is 68.4 Å². The van der Waals surface area contributed by atoms with E-state index in [4.69, 9.17) is 25.6 Å². The average Bonchev–Trinajstić information content (AvgIpc) is 3.35. The quantitative estimate of drug-likeness (QED) is 0.502. The number of carbonyl (C=O) groups excluding carboxylic acids is 1. The van der Waals surface area contributed by atoms with Gasteiger partial charge in [0.2, 0.25) is 0 Å². The third kappa shape index (κ3) is 5.49. The highest BCUT2D eigenvalue weighted by Gasteiger charge is 2.27. The van der Waals surface area contributed by atoms with Crippen LogP contribution in [-0.2, 0) is 0 Å². The van der Waals surface area contributed by atoms with Gasteiger partial charge in [0.25, 0.3) is 5.91 Å². The smallest absolute Gasteiger partial charge is 0.273 e. The molecule has 4 rings (SSSR count). The number of likely N-dealkylation sites (tertiary alicyclic amines) is 1. The molecular weight excluding hydrogens is 442 g/mol. The Balaban J connectivity index is 1.53. The highest BCUT2D eigenvalue weighted by molar-refractivity contribution is 6.30. The molecule has 0 spiro atoms. The van der Waals surface area contributed by atoms with Crippen LogP contribution in [0.5, 0.6) is 11.5 Å². The number of amides is 1. The summed E-state index contributed by atoms with van der Waals surface area (Å²) in [5.74, 6) is 1.75. The number of rotatable bonds is 8. The molecule has 1 unspecified atom stereocenters. The van der Waals surface area contributed by atoms with Crippen LogP contribution in [0.4, 0.5) is 0 Å². The van der Waals surface area contributed by atoms with Crippen LogP contribution in [0.3, 0.4) is 0 Å². The molecular formula is C25H28ClN3O4. The van der Waals surface area contributed by atoms with E-state index in [1.807, 2.05) is 30.3 Å². The summed E-state index contributed by atoms with van der Waals surface area (Å²) in [6.45, 7) is 2.34. The molecule has 2 aromatic carbocycles. The van der Waals surface area contributed by atoms with Crippen molar-refractivity contribution in [3.05, 3.63) is 64.8 Å². The van der Waals surface area contributed by atoms with Gasteiger partial charge in [-0.3, -0.25) is 9.69 Å². The normalized spacial score (nSPS) is 15.1. The molecule has 1 fully saturated rings. The minimum absolute atomic E-state index is 0.0538. The lowest BCUT2D eigenvalue weighted by atomic mass is 10.00. The van der Waals surface area contributed by atoms with Crippen LogP contribution in [-0.4, -0.2) is 49.8 Å². The van der Waals surface area contributed by atoms with E-state index in [0.717, 1.165) is 48.6 Å². The second kappa shape index (κ2) is 10.7. The molecule has 1 aliphatic heterocycles. The number of nitrogens with one attached hydrogen (secondary N) is 1. The van der Waals surface area contributed by atoms with Crippen LogP contribution < -0.4 is 14.8 Å². The molecule has 7 nitrogen and oxygen atoms in total. The molecule has 1 aromatic heterocycles. The first kappa shape index (κ1) is 23.1. The van der Waals surface area contributed by atoms with Crippen molar-refractivity contribution in [2.45, 2.75) is 25.3 Å². The lowest BCUT2D eigenvalue weighted by Gasteiger charge is -2.35. The molecule has 0 saturated carbocycles. The van der Waals surface area contributed by atoms with Gasteiger partial charge in [-0.15, -0.1) is 0 Å². The molecule has 8 heteroatoms. The topological polar surface area (TPSA) is 76.8 Å². The highest BCUT2D eigenvalue weighted by atomic mass is 35.5. The molecule has 1 aliphatic rings. The Hall–Kier alpha value is -3.03. The number of piperidine rings is 1. The second-order valence-electron chi connectivity index (χ2n) is 8.01. The molecule has 1 N–H and O–H groups in total. The zero-order valence-electron chi connectivity index (χ0n) is 18.8. The average molecular weight is 470 g/mol. The fourth-order valence-corrected chi connectivity index (χ4v) is 4.30. The maximum atomic E-state index is 12.9. The SMILES string of the molecule is COc1ccc(OC)c(C(CNC(=O)c2cc(-c3ccc(Cl)cc3)on2)N2CCCCC2)c1. The van der Waals surface area contributed by atoms with Crippen molar-refractivity contribution in [2.75, 3.05) is 33.9 Å². The Morgan fingerprint density at radius 3 is 2.55 bits per heavy atom. The summed E-state index contributed by atoms with van der Waals surface area (Å²) >= 11 is 5.95. The molecule has 0 aliphatic carbocycles. The van der Waals surface area contributed by atoms with Gasteiger partial charge in [-0.2, -0.15) is 0 Å². The Morgan fingerprint density at radius 1 is 1.09 bits per heavy atom. The molecule has 3 aromatic rings. The van der Waals surface area contributed by atoms with Gasteiger partial charge in [-0.25, -0.2) is 0 Å². The van der Waals surface area contributed by atoms with Gasteiger partial charge in [-0.1, -0.05) is 23.2 Å². The van der Waals surface area contributed by atoms with Crippen molar-refractivity contribution >= 4 is 17.5 Å². The van der Waals surface area contributed by atoms with Crippen LogP contribution in [0.1, 0.15) is 41.4 Å². The van der Waals surface area contributed by atoms with Crippen LogP contribution in [0.15, 0.2) is 53.1 Å². The second-order valence-corrected chi connectivity index (χ2v) is 8.45. The number of carbonyl (C=O) groups is 1. The van der Waals surface area contributed by atoms with Crippen molar-refractivity contribution in [2.24, 2.45) is 0 Å². The van der Waals surface area contributed by atoms with E-state index in [-0.39, 0.29) is 17.6 Å². The number of benzene rings is 2. The number of hydrogen-bond acceptors (Lipinski definition) is 6. The summed E-state index contributed by atoms with van der Waals surface area (Å²) in [4.78, 5) is 15.3. The predicted octanol–water partition coefficient (Wildman–Crippen LogP) is 4.97. The molecule has 33 heavy (non-hydrogen) atoms. The Kier molecular flexibility index (Phi) is 7.52. The predicted molar refractivity (Wildman–Crippen MR) is 127 cm³/mol. The van der Waals surface area contributed by atoms with E-state index >= 15 is 0 Å². The van der Waals surface area contributed by atoms with Crippen molar-refractivity contribution in [1.82, 2.24) is 15.4 Å². The summed E-state index contributed by atoms with van der Waals surface area (Å²) in [6, 6.07) is 14.5. The molecule has 174 valence electrons. The summed E-state index contributed by atoms with van der Waals surface area (Å²) in [5, 5.41) is 7.63. The van der Waals surface area contributed by atoms with Gasteiger partial charge in [0.05, 0.1) is 20.3 Å². The van der Waals surface area contributed by atoms with E-state index in [0.29, 0.717) is 17.3 Å². The lowest BCUT2D eigenvalue weighted by Crippen LogP contribution is -2.40. The Morgan fingerprint density at radius 2 is 1.85 bits per heavy atom. The molecule has 1 atom stereocenters. The van der Waals surface area contributed by atoms with Crippen molar-refractivity contribution in [3.63, 3.8) is 0 Å².